The summed E-state index contributed by atoms with van der Waals surface area (Å²) in [5.74, 6) is 0.638. The average molecular weight is 497 g/mol. The van der Waals surface area contributed by atoms with Crippen LogP contribution in [0.25, 0.3) is 77.1 Å². The van der Waals surface area contributed by atoms with E-state index in [4.69, 9.17) is 9.68 Å². The lowest BCUT2D eigenvalue weighted by Crippen LogP contribution is -1.88. The molecule has 0 bridgehead atoms. The number of hydrogen-bond donors (Lipinski definition) is 0. The Morgan fingerprint density at radius 1 is 0.513 bits per heavy atom. The first kappa shape index (κ1) is 21.6. The highest BCUT2D eigenvalue weighted by atomic mass is 16.3. The van der Waals surface area contributed by atoms with E-state index in [-0.39, 0.29) is 0 Å². The third-order valence-electron chi connectivity index (χ3n) is 7.64. The summed E-state index contributed by atoms with van der Waals surface area (Å²) in [5, 5.41) is 16.6. The van der Waals surface area contributed by atoms with Crippen LogP contribution < -0.4 is 0 Å². The predicted octanol–water partition coefficient (Wildman–Crippen LogP) is 9.60. The van der Waals surface area contributed by atoms with Gasteiger partial charge in [0.1, 0.15) is 5.52 Å². The van der Waals surface area contributed by atoms with E-state index in [1.165, 1.54) is 37.9 Å². The van der Waals surface area contributed by atoms with Crippen LogP contribution in [0.15, 0.2) is 126 Å². The second-order valence-corrected chi connectivity index (χ2v) is 9.98. The van der Waals surface area contributed by atoms with Crippen LogP contribution in [0.3, 0.4) is 0 Å². The lowest BCUT2D eigenvalue weighted by atomic mass is 9.89. The van der Waals surface area contributed by atoms with Crippen molar-refractivity contribution in [3.63, 3.8) is 0 Å². The average Bonchev–Trinajstić information content (AvgIpc) is 3.44. The Labute approximate surface area is 224 Å². The van der Waals surface area contributed by atoms with Gasteiger partial charge >= 0.3 is 0 Å². The third-order valence-corrected chi connectivity index (χ3v) is 7.64. The molecule has 1 aromatic heterocycles. The Morgan fingerprint density at radius 2 is 1.00 bits per heavy atom. The summed E-state index contributed by atoms with van der Waals surface area (Å²) >= 11 is 0. The van der Waals surface area contributed by atoms with Gasteiger partial charge in [-0.25, -0.2) is 4.98 Å². The molecule has 1 heterocycles. The molecule has 0 spiro atoms. The molecule has 0 radical (unpaired) electrons. The van der Waals surface area contributed by atoms with E-state index in [0.29, 0.717) is 11.5 Å². The zero-order valence-corrected chi connectivity index (χ0v) is 20.8. The van der Waals surface area contributed by atoms with Gasteiger partial charge in [0.2, 0.25) is 5.89 Å². The number of hydrogen-bond acceptors (Lipinski definition) is 3. The standard InChI is InChI=1S/C36H20N2O/c37-21-22-5-7-23(8-6-22)30-17-26-13-15-28-19-31(20-29-16-14-27(18-30)34(26)35(28)29)24-9-11-25(12-10-24)36-38-32-3-1-2-4-33(32)39-36/h1-20H. The molecule has 0 unspecified atom stereocenters. The maximum atomic E-state index is 9.14. The van der Waals surface area contributed by atoms with Crippen LogP contribution in [0.2, 0.25) is 0 Å². The van der Waals surface area contributed by atoms with Crippen molar-refractivity contribution < 1.29 is 4.42 Å². The highest BCUT2D eigenvalue weighted by molar-refractivity contribution is 6.24. The van der Waals surface area contributed by atoms with E-state index in [1.807, 2.05) is 48.5 Å². The topological polar surface area (TPSA) is 49.8 Å². The van der Waals surface area contributed by atoms with Gasteiger partial charge in [-0.15, -0.1) is 0 Å². The minimum atomic E-state index is 0.638. The van der Waals surface area contributed by atoms with Gasteiger partial charge in [-0.05, 0) is 115 Å². The number of aromatic nitrogens is 1. The van der Waals surface area contributed by atoms with Crippen molar-refractivity contribution in [2.75, 3.05) is 0 Å². The molecular formula is C36H20N2O. The van der Waals surface area contributed by atoms with Gasteiger partial charge in [0.15, 0.2) is 5.58 Å². The molecule has 0 aliphatic carbocycles. The molecule has 0 saturated heterocycles. The molecule has 39 heavy (non-hydrogen) atoms. The van der Waals surface area contributed by atoms with Crippen LogP contribution in [0.4, 0.5) is 0 Å². The van der Waals surface area contributed by atoms with Crippen molar-refractivity contribution in [3.05, 3.63) is 127 Å². The highest BCUT2D eigenvalue weighted by Gasteiger charge is 2.13. The van der Waals surface area contributed by atoms with Crippen molar-refractivity contribution in [2.24, 2.45) is 0 Å². The molecular weight excluding hydrogens is 476 g/mol. The van der Waals surface area contributed by atoms with Crippen molar-refractivity contribution in [1.82, 2.24) is 4.98 Å². The summed E-state index contributed by atoms with van der Waals surface area (Å²) in [7, 11) is 0. The van der Waals surface area contributed by atoms with E-state index in [9.17, 15) is 0 Å². The number of rotatable bonds is 3. The lowest BCUT2D eigenvalue weighted by Gasteiger charge is -2.14. The fraction of sp³-hybridized carbons (Fsp3) is 0. The van der Waals surface area contributed by atoms with Crippen molar-refractivity contribution in [3.8, 4) is 39.8 Å². The molecule has 0 saturated carbocycles. The molecule has 180 valence electrons. The summed E-state index contributed by atoms with van der Waals surface area (Å²) in [4.78, 5) is 4.63. The highest BCUT2D eigenvalue weighted by Crippen LogP contribution is 2.39. The predicted molar refractivity (Wildman–Crippen MR) is 159 cm³/mol. The molecule has 0 amide bonds. The molecule has 0 fully saturated rings. The van der Waals surface area contributed by atoms with Gasteiger partial charge < -0.3 is 4.42 Å². The monoisotopic (exact) mass is 496 g/mol. The molecule has 3 nitrogen and oxygen atoms in total. The maximum absolute atomic E-state index is 9.14. The molecule has 3 heteroatoms. The van der Waals surface area contributed by atoms with Crippen LogP contribution in [0, 0.1) is 11.3 Å². The SMILES string of the molecule is N#Cc1ccc(-c2cc3ccc4cc(-c5ccc(-c6nc7ccccc7o6)cc5)cc5ccc(c2)c3c45)cc1. The Kier molecular flexibility index (Phi) is 4.59. The first-order chi connectivity index (χ1) is 19.2. The largest absolute Gasteiger partial charge is 0.436 e. The summed E-state index contributed by atoms with van der Waals surface area (Å²) < 4.78 is 5.96. The van der Waals surface area contributed by atoms with Gasteiger partial charge in [0.25, 0.3) is 0 Å². The van der Waals surface area contributed by atoms with Gasteiger partial charge in [-0.2, -0.15) is 5.26 Å². The van der Waals surface area contributed by atoms with Crippen molar-refractivity contribution in [2.45, 2.75) is 0 Å². The molecule has 8 aromatic rings. The summed E-state index contributed by atoms with van der Waals surface area (Å²) in [6, 6.07) is 44.2. The zero-order chi connectivity index (χ0) is 25.9. The quantitative estimate of drug-likeness (QED) is 0.229. The van der Waals surface area contributed by atoms with Gasteiger partial charge in [-0.3, -0.25) is 0 Å². The van der Waals surface area contributed by atoms with E-state index in [2.05, 4.69) is 83.8 Å². The maximum Gasteiger partial charge on any atom is 0.227 e. The van der Waals surface area contributed by atoms with Crippen LogP contribution in [-0.4, -0.2) is 4.98 Å². The van der Waals surface area contributed by atoms with E-state index >= 15 is 0 Å². The number of nitrogens with zero attached hydrogens (tertiary/aromatic N) is 2. The van der Waals surface area contributed by atoms with Crippen molar-refractivity contribution >= 4 is 43.4 Å². The minimum absolute atomic E-state index is 0.638. The Bertz CT molecular complexity index is 2120. The Morgan fingerprint density at radius 3 is 1.51 bits per heavy atom. The van der Waals surface area contributed by atoms with E-state index in [1.54, 1.807) is 0 Å². The summed E-state index contributed by atoms with van der Waals surface area (Å²) in [5.41, 5.74) is 7.92. The van der Waals surface area contributed by atoms with Crippen LogP contribution in [0.1, 0.15) is 5.56 Å². The summed E-state index contributed by atoms with van der Waals surface area (Å²) in [6.45, 7) is 0. The third kappa shape index (κ3) is 3.47. The lowest BCUT2D eigenvalue weighted by molar-refractivity contribution is 0.620. The Hall–Kier alpha value is -5.46. The fourth-order valence-electron chi connectivity index (χ4n) is 5.71. The van der Waals surface area contributed by atoms with Crippen LogP contribution in [0.5, 0.6) is 0 Å². The first-order valence-electron chi connectivity index (χ1n) is 12.9. The smallest absolute Gasteiger partial charge is 0.227 e. The zero-order valence-electron chi connectivity index (χ0n) is 20.8. The molecule has 0 aliphatic heterocycles. The second kappa shape index (κ2) is 8.28. The number of nitriles is 1. The molecule has 0 N–H and O–H groups in total. The first-order valence-corrected chi connectivity index (χ1v) is 12.9. The molecule has 8 rings (SSSR count). The minimum Gasteiger partial charge on any atom is -0.436 e. The molecule has 0 atom stereocenters. The number of fused-ring (bicyclic) bond motifs is 1. The number of benzene rings is 7. The van der Waals surface area contributed by atoms with Gasteiger partial charge in [0.05, 0.1) is 11.6 Å². The van der Waals surface area contributed by atoms with Gasteiger partial charge in [0, 0.05) is 5.56 Å². The second-order valence-electron chi connectivity index (χ2n) is 9.98. The summed E-state index contributed by atoms with van der Waals surface area (Å²) in [6.07, 6.45) is 0. The number of para-hydroxylation sites is 2. The van der Waals surface area contributed by atoms with E-state index in [0.717, 1.165) is 33.4 Å². The van der Waals surface area contributed by atoms with Crippen LogP contribution in [-0.2, 0) is 0 Å². The van der Waals surface area contributed by atoms with E-state index < -0.39 is 0 Å². The molecule has 0 aliphatic rings. The molecule has 7 aromatic carbocycles. The van der Waals surface area contributed by atoms with Crippen LogP contribution >= 0.6 is 0 Å². The fourth-order valence-corrected chi connectivity index (χ4v) is 5.71. The normalized spacial score (nSPS) is 11.6. The number of oxazole rings is 1. The Balaban J connectivity index is 1.21. The van der Waals surface area contributed by atoms with Crippen molar-refractivity contribution in [1.29, 1.82) is 5.26 Å². The van der Waals surface area contributed by atoms with Gasteiger partial charge in [-0.1, -0.05) is 60.7 Å².